The molecule has 132 valence electrons. The summed E-state index contributed by atoms with van der Waals surface area (Å²) in [5.74, 6) is 9.55. The van der Waals surface area contributed by atoms with Crippen molar-refractivity contribution < 1.29 is 4.74 Å². The van der Waals surface area contributed by atoms with E-state index < -0.39 is 0 Å². The molecule has 0 aliphatic heterocycles. The highest BCUT2D eigenvalue weighted by atomic mass is 16.5. The lowest BCUT2D eigenvalue weighted by Crippen LogP contribution is -2.14. The Morgan fingerprint density at radius 3 is 2.21 bits per heavy atom. The fourth-order valence-electron chi connectivity index (χ4n) is 3.63. The lowest BCUT2D eigenvalue weighted by atomic mass is 9.78. The van der Waals surface area contributed by atoms with Crippen molar-refractivity contribution in [1.29, 1.82) is 0 Å². The fourth-order valence-corrected chi connectivity index (χ4v) is 3.63. The van der Waals surface area contributed by atoms with Crippen LogP contribution < -0.4 is 4.74 Å². The standard InChI is InChI=1S/C23H34O/c1-3-5-19-24-23-17-15-22(16-18-23)10-7-6-9-21-13-11-20(8-4-2)12-14-21/h15-18,20-21H,3-6,8-9,11-14,19H2,1-2H3. The molecule has 0 unspecified atom stereocenters. The fraction of sp³-hybridized carbons (Fsp3) is 0.652. The average Bonchev–Trinajstić information content (AvgIpc) is 2.62. The van der Waals surface area contributed by atoms with Crippen molar-refractivity contribution in [1.82, 2.24) is 0 Å². The molecule has 0 amide bonds. The van der Waals surface area contributed by atoms with Crippen LogP contribution in [-0.4, -0.2) is 6.61 Å². The maximum absolute atomic E-state index is 5.68. The van der Waals surface area contributed by atoms with E-state index in [9.17, 15) is 0 Å². The number of benzene rings is 1. The van der Waals surface area contributed by atoms with Crippen molar-refractivity contribution in [3.8, 4) is 17.6 Å². The molecule has 1 aliphatic rings. The summed E-state index contributed by atoms with van der Waals surface area (Å²) in [7, 11) is 0. The zero-order valence-corrected chi connectivity index (χ0v) is 15.7. The van der Waals surface area contributed by atoms with Gasteiger partial charge in [0.15, 0.2) is 0 Å². The van der Waals surface area contributed by atoms with Crippen LogP contribution in [0.3, 0.4) is 0 Å². The lowest BCUT2D eigenvalue weighted by molar-refractivity contribution is 0.254. The highest BCUT2D eigenvalue weighted by molar-refractivity contribution is 5.38. The summed E-state index contributed by atoms with van der Waals surface area (Å²) >= 11 is 0. The first-order chi connectivity index (χ1) is 11.8. The zero-order chi connectivity index (χ0) is 17.0. The van der Waals surface area contributed by atoms with E-state index in [1.165, 1.54) is 51.4 Å². The van der Waals surface area contributed by atoms with Gasteiger partial charge in [0.2, 0.25) is 0 Å². The van der Waals surface area contributed by atoms with Crippen LogP contribution in [0.4, 0.5) is 0 Å². The van der Waals surface area contributed by atoms with E-state index in [1.54, 1.807) is 0 Å². The van der Waals surface area contributed by atoms with Gasteiger partial charge in [0.05, 0.1) is 6.61 Å². The molecule has 0 saturated heterocycles. The van der Waals surface area contributed by atoms with Gasteiger partial charge in [-0.3, -0.25) is 0 Å². The van der Waals surface area contributed by atoms with Gasteiger partial charge >= 0.3 is 0 Å². The van der Waals surface area contributed by atoms with Crippen LogP contribution in [0.5, 0.6) is 5.75 Å². The summed E-state index contributed by atoms with van der Waals surface area (Å²) in [5.41, 5.74) is 1.10. The Morgan fingerprint density at radius 2 is 1.58 bits per heavy atom. The van der Waals surface area contributed by atoms with E-state index in [-0.39, 0.29) is 0 Å². The van der Waals surface area contributed by atoms with Crippen LogP contribution in [0.2, 0.25) is 0 Å². The Labute approximate surface area is 149 Å². The highest BCUT2D eigenvalue weighted by Crippen LogP contribution is 2.33. The number of ether oxygens (including phenoxy) is 1. The van der Waals surface area contributed by atoms with Gasteiger partial charge in [0.1, 0.15) is 5.75 Å². The molecule has 2 rings (SSSR count). The molecule has 1 fully saturated rings. The first-order valence-corrected chi connectivity index (χ1v) is 10.0. The van der Waals surface area contributed by atoms with E-state index in [1.807, 2.05) is 12.1 Å². The van der Waals surface area contributed by atoms with E-state index in [0.29, 0.717) is 0 Å². The molecule has 0 aromatic heterocycles. The molecule has 1 saturated carbocycles. The van der Waals surface area contributed by atoms with Crippen LogP contribution in [0.15, 0.2) is 24.3 Å². The number of hydrogen-bond acceptors (Lipinski definition) is 1. The monoisotopic (exact) mass is 326 g/mol. The number of hydrogen-bond donors (Lipinski definition) is 0. The molecule has 1 aliphatic carbocycles. The summed E-state index contributed by atoms with van der Waals surface area (Å²) in [6.07, 6.45) is 13.1. The molecule has 1 nitrogen and oxygen atoms in total. The summed E-state index contributed by atoms with van der Waals surface area (Å²) in [6, 6.07) is 8.22. The summed E-state index contributed by atoms with van der Waals surface area (Å²) in [4.78, 5) is 0. The van der Waals surface area contributed by atoms with Gasteiger partial charge in [-0.1, -0.05) is 70.6 Å². The first kappa shape index (κ1) is 18.9. The van der Waals surface area contributed by atoms with Gasteiger partial charge in [0.25, 0.3) is 0 Å². The molecular weight excluding hydrogens is 292 g/mol. The summed E-state index contributed by atoms with van der Waals surface area (Å²) in [5, 5.41) is 0. The van der Waals surface area contributed by atoms with Crippen LogP contribution in [0.1, 0.15) is 83.6 Å². The Bertz CT molecular complexity index is 497. The molecule has 0 spiro atoms. The zero-order valence-electron chi connectivity index (χ0n) is 15.7. The molecule has 1 aromatic carbocycles. The van der Waals surface area contributed by atoms with Gasteiger partial charge in [-0.05, 0) is 48.9 Å². The Kier molecular flexibility index (Phi) is 8.82. The average molecular weight is 327 g/mol. The van der Waals surface area contributed by atoms with Crippen molar-refractivity contribution in [2.24, 2.45) is 11.8 Å². The molecule has 24 heavy (non-hydrogen) atoms. The molecule has 1 aromatic rings. The molecule has 0 bridgehead atoms. The number of unbranched alkanes of at least 4 members (excludes halogenated alkanes) is 1. The number of rotatable bonds is 8. The van der Waals surface area contributed by atoms with Crippen molar-refractivity contribution in [3.05, 3.63) is 29.8 Å². The normalized spacial score (nSPS) is 20.2. The second kappa shape index (κ2) is 11.2. The molecule has 0 N–H and O–H groups in total. The first-order valence-electron chi connectivity index (χ1n) is 10.0. The van der Waals surface area contributed by atoms with E-state index in [2.05, 4.69) is 37.8 Å². The largest absolute Gasteiger partial charge is 0.494 e. The van der Waals surface area contributed by atoms with Crippen molar-refractivity contribution >= 4 is 0 Å². The molecular formula is C23H34O. The molecule has 0 heterocycles. The minimum absolute atomic E-state index is 0.808. The third-order valence-electron chi connectivity index (χ3n) is 5.19. The Morgan fingerprint density at radius 1 is 0.917 bits per heavy atom. The van der Waals surface area contributed by atoms with Crippen LogP contribution in [-0.2, 0) is 0 Å². The summed E-state index contributed by atoms with van der Waals surface area (Å²) < 4.78 is 5.68. The predicted molar refractivity (Wildman–Crippen MR) is 103 cm³/mol. The van der Waals surface area contributed by atoms with Gasteiger partial charge in [-0.15, -0.1) is 0 Å². The summed E-state index contributed by atoms with van der Waals surface area (Å²) in [6.45, 7) is 5.30. The van der Waals surface area contributed by atoms with Crippen molar-refractivity contribution in [2.45, 2.75) is 78.1 Å². The Balaban J connectivity index is 1.66. The van der Waals surface area contributed by atoms with Gasteiger partial charge < -0.3 is 4.74 Å². The van der Waals surface area contributed by atoms with Gasteiger partial charge in [-0.25, -0.2) is 0 Å². The maximum Gasteiger partial charge on any atom is 0.119 e. The highest BCUT2D eigenvalue weighted by Gasteiger charge is 2.19. The minimum atomic E-state index is 0.808. The molecule has 1 heteroatoms. The topological polar surface area (TPSA) is 9.23 Å². The second-order valence-electron chi connectivity index (χ2n) is 7.24. The van der Waals surface area contributed by atoms with E-state index in [0.717, 1.165) is 42.6 Å². The quantitative estimate of drug-likeness (QED) is 0.386. The van der Waals surface area contributed by atoms with Crippen molar-refractivity contribution in [3.63, 3.8) is 0 Å². The third-order valence-corrected chi connectivity index (χ3v) is 5.19. The Hall–Kier alpha value is -1.42. The van der Waals surface area contributed by atoms with Crippen LogP contribution in [0, 0.1) is 23.7 Å². The second-order valence-corrected chi connectivity index (χ2v) is 7.24. The smallest absolute Gasteiger partial charge is 0.119 e. The lowest BCUT2D eigenvalue weighted by Gasteiger charge is -2.27. The minimum Gasteiger partial charge on any atom is -0.494 e. The van der Waals surface area contributed by atoms with E-state index in [4.69, 9.17) is 4.74 Å². The van der Waals surface area contributed by atoms with Crippen molar-refractivity contribution in [2.75, 3.05) is 6.61 Å². The van der Waals surface area contributed by atoms with Crippen LogP contribution >= 0.6 is 0 Å². The predicted octanol–water partition coefficient (Wildman–Crippen LogP) is 6.60. The molecule has 0 atom stereocenters. The van der Waals surface area contributed by atoms with Gasteiger partial charge in [-0.2, -0.15) is 0 Å². The molecule has 0 radical (unpaired) electrons. The maximum atomic E-state index is 5.68. The van der Waals surface area contributed by atoms with Gasteiger partial charge in [0, 0.05) is 12.0 Å². The SMILES string of the molecule is CCCCOc1ccc(C#CCCC2CCC(CCC)CC2)cc1. The third kappa shape index (κ3) is 7.00. The van der Waals surface area contributed by atoms with Crippen LogP contribution in [0.25, 0.3) is 0 Å². The van der Waals surface area contributed by atoms with E-state index >= 15 is 0 Å².